The van der Waals surface area contributed by atoms with Crippen molar-refractivity contribution in [3.8, 4) is 17.6 Å². The summed E-state index contributed by atoms with van der Waals surface area (Å²) in [4.78, 5) is 12.1. The number of methoxy groups -OCH3 is 1. The molecule has 5 nitrogen and oxygen atoms in total. The molecule has 0 fully saturated rings. The summed E-state index contributed by atoms with van der Waals surface area (Å²) in [5.41, 5.74) is 1.65. The maximum absolute atomic E-state index is 12.1. The second kappa shape index (κ2) is 8.39. The van der Waals surface area contributed by atoms with Crippen LogP contribution in [0.15, 0.2) is 54.1 Å². The van der Waals surface area contributed by atoms with E-state index in [0.717, 1.165) is 11.3 Å². The molecule has 122 valence electrons. The van der Waals surface area contributed by atoms with Crippen LogP contribution in [0.1, 0.15) is 11.1 Å². The lowest BCUT2D eigenvalue weighted by atomic mass is 10.1. The third-order valence-electron chi connectivity index (χ3n) is 3.40. The van der Waals surface area contributed by atoms with Crippen LogP contribution in [0.4, 0.5) is 0 Å². The van der Waals surface area contributed by atoms with Crippen molar-refractivity contribution in [2.24, 2.45) is 0 Å². The number of hydrogen-bond acceptors (Lipinski definition) is 4. The molecular formula is C19H18N2O3. The molecule has 2 rings (SSSR count). The lowest BCUT2D eigenvalue weighted by Gasteiger charge is -2.06. The number of aromatic hydroxyl groups is 1. The van der Waals surface area contributed by atoms with E-state index in [-0.39, 0.29) is 11.3 Å². The van der Waals surface area contributed by atoms with E-state index in [1.807, 2.05) is 30.3 Å². The minimum absolute atomic E-state index is 0.00432. The SMILES string of the molecule is COc1ccc(CCNC(=O)/C(C#N)=C\c2cccc(O)c2)cc1. The molecule has 0 aliphatic heterocycles. The maximum Gasteiger partial charge on any atom is 0.261 e. The first kappa shape index (κ1) is 17.1. The van der Waals surface area contributed by atoms with Gasteiger partial charge in [0, 0.05) is 6.54 Å². The number of phenols is 1. The molecule has 0 unspecified atom stereocenters. The lowest BCUT2D eigenvalue weighted by molar-refractivity contribution is -0.117. The first-order valence-corrected chi connectivity index (χ1v) is 7.44. The van der Waals surface area contributed by atoms with Gasteiger partial charge in [0.05, 0.1) is 7.11 Å². The molecule has 2 N–H and O–H groups in total. The van der Waals surface area contributed by atoms with Crippen molar-refractivity contribution >= 4 is 12.0 Å². The standard InChI is InChI=1S/C19H18N2O3/c1-24-18-7-5-14(6-8-18)9-10-21-19(23)16(13-20)11-15-3-2-4-17(22)12-15/h2-8,11-12,22H,9-10H2,1H3,(H,21,23)/b16-11-. The number of rotatable bonds is 6. The molecule has 0 bridgehead atoms. The summed E-state index contributed by atoms with van der Waals surface area (Å²) < 4.78 is 5.09. The molecule has 0 aliphatic carbocycles. The third kappa shape index (κ3) is 4.89. The van der Waals surface area contributed by atoms with Gasteiger partial charge in [-0.25, -0.2) is 0 Å². The predicted octanol–water partition coefficient (Wildman–Crippen LogP) is 2.67. The number of nitriles is 1. The molecule has 5 heteroatoms. The number of nitrogens with one attached hydrogen (secondary N) is 1. The summed E-state index contributed by atoms with van der Waals surface area (Å²) >= 11 is 0. The van der Waals surface area contributed by atoms with Crippen molar-refractivity contribution in [3.63, 3.8) is 0 Å². The van der Waals surface area contributed by atoms with Crippen LogP contribution in [-0.2, 0) is 11.2 Å². The van der Waals surface area contributed by atoms with Gasteiger partial charge in [0.1, 0.15) is 23.1 Å². The van der Waals surface area contributed by atoms with Crippen LogP contribution in [0.25, 0.3) is 6.08 Å². The normalized spacial score (nSPS) is 10.8. The average molecular weight is 322 g/mol. The lowest BCUT2D eigenvalue weighted by Crippen LogP contribution is -2.26. The molecule has 0 saturated heterocycles. The van der Waals surface area contributed by atoms with E-state index in [9.17, 15) is 9.90 Å². The monoisotopic (exact) mass is 322 g/mol. The first-order chi connectivity index (χ1) is 11.6. The summed E-state index contributed by atoms with van der Waals surface area (Å²) in [6, 6.07) is 15.8. The van der Waals surface area contributed by atoms with E-state index in [2.05, 4.69) is 5.32 Å². The fourth-order valence-corrected chi connectivity index (χ4v) is 2.14. The van der Waals surface area contributed by atoms with Crippen molar-refractivity contribution in [2.75, 3.05) is 13.7 Å². The van der Waals surface area contributed by atoms with Crippen LogP contribution in [0, 0.1) is 11.3 Å². The van der Waals surface area contributed by atoms with Crippen LogP contribution >= 0.6 is 0 Å². The topological polar surface area (TPSA) is 82.3 Å². The average Bonchev–Trinajstić information content (AvgIpc) is 2.60. The van der Waals surface area contributed by atoms with Crippen LogP contribution in [0.3, 0.4) is 0 Å². The van der Waals surface area contributed by atoms with Crippen molar-refractivity contribution < 1.29 is 14.6 Å². The minimum Gasteiger partial charge on any atom is -0.508 e. The molecule has 2 aromatic carbocycles. The highest BCUT2D eigenvalue weighted by molar-refractivity contribution is 6.01. The van der Waals surface area contributed by atoms with Gasteiger partial charge in [0.2, 0.25) is 0 Å². The van der Waals surface area contributed by atoms with Gasteiger partial charge in [-0.1, -0.05) is 24.3 Å². The van der Waals surface area contributed by atoms with Crippen molar-refractivity contribution in [3.05, 3.63) is 65.2 Å². The Morgan fingerprint density at radius 3 is 2.67 bits per heavy atom. The molecule has 0 atom stereocenters. The Morgan fingerprint density at radius 2 is 2.04 bits per heavy atom. The number of benzene rings is 2. The third-order valence-corrected chi connectivity index (χ3v) is 3.40. The van der Waals surface area contributed by atoms with Crippen LogP contribution in [0.5, 0.6) is 11.5 Å². The van der Waals surface area contributed by atoms with Crippen LogP contribution in [0.2, 0.25) is 0 Å². The number of hydrogen-bond donors (Lipinski definition) is 2. The zero-order valence-corrected chi connectivity index (χ0v) is 13.3. The molecule has 0 aromatic heterocycles. The van der Waals surface area contributed by atoms with Gasteiger partial charge in [-0.3, -0.25) is 4.79 Å². The highest BCUT2D eigenvalue weighted by Gasteiger charge is 2.08. The maximum atomic E-state index is 12.1. The highest BCUT2D eigenvalue weighted by Crippen LogP contribution is 2.14. The summed E-state index contributed by atoms with van der Waals surface area (Å²) in [5, 5.41) is 21.3. The molecule has 1 amide bonds. The Morgan fingerprint density at radius 1 is 1.29 bits per heavy atom. The zero-order chi connectivity index (χ0) is 17.4. The summed E-state index contributed by atoms with van der Waals surface area (Å²) in [5.74, 6) is 0.430. The van der Waals surface area contributed by atoms with E-state index in [1.54, 1.807) is 19.2 Å². The second-order valence-corrected chi connectivity index (χ2v) is 5.12. The van der Waals surface area contributed by atoms with Crippen LogP contribution < -0.4 is 10.1 Å². The Labute approximate surface area is 140 Å². The van der Waals surface area contributed by atoms with E-state index in [4.69, 9.17) is 10.00 Å². The molecule has 0 saturated carbocycles. The number of nitrogens with zero attached hydrogens (tertiary/aromatic N) is 1. The summed E-state index contributed by atoms with van der Waals surface area (Å²) in [6.45, 7) is 0.421. The molecule has 0 radical (unpaired) electrons. The van der Waals surface area contributed by atoms with E-state index in [0.29, 0.717) is 18.5 Å². The van der Waals surface area contributed by atoms with E-state index in [1.165, 1.54) is 18.2 Å². The van der Waals surface area contributed by atoms with Crippen LogP contribution in [-0.4, -0.2) is 24.7 Å². The van der Waals surface area contributed by atoms with E-state index < -0.39 is 5.91 Å². The quantitative estimate of drug-likeness (QED) is 0.633. The number of ether oxygens (including phenoxy) is 1. The predicted molar refractivity (Wildman–Crippen MR) is 91.4 cm³/mol. The van der Waals surface area contributed by atoms with Crippen molar-refractivity contribution in [1.29, 1.82) is 5.26 Å². The number of carbonyl (C=O) groups excluding carboxylic acids is 1. The van der Waals surface area contributed by atoms with Crippen molar-refractivity contribution in [2.45, 2.75) is 6.42 Å². The Balaban J connectivity index is 1.93. The van der Waals surface area contributed by atoms with Gasteiger partial charge >= 0.3 is 0 Å². The fraction of sp³-hybridized carbons (Fsp3) is 0.158. The number of carbonyl (C=O) groups is 1. The molecule has 0 aliphatic rings. The van der Waals surface area contributed by atoms with Gasteiger partial charge in [-0.2, -0.15) is 5.26 Å². The van der Waals surface area contributed by atoms with Gasteiger partial charge in [-0.05, 0) is 47.9 Å². The Bertz CT molecular complexity index is 774. The zero-order valence-electron chi connectivity index (χ0n) is 13.3. The van der Waals surface area contributed by atoms with Gasteiger partial charge < -0.3 is 15.2 Å². The largest absolute Gasteiger partial charge is 0.508 e. The molecule has 2 aromatic rings. The molecule has 24 heavy (non-hydrogen) atoms. The van der Waals surface area contributed by atoms with Crippen molar-refractivity contribution in [1.82, 2.24) is 5.32 Å². The fourth-order valence-electron chi connectivity index (χ4n) is 2.14. The minimum atomic E-state index is -0.436. The van der Waals surface area contributed by atoms with E-state index >= 15 is 0 Å². The van der Waals surface area contributed by atoms with Gasteiger partial charge in [0.25, 0.3) is 5.91 Å². The highest BCUT2D eigenvalue weighted by atomic mass is 16.5. The molecule has 0 heterocycles. The summed E-state index contributed by atoms with van der Waals surface area (Å²) in [6.07, 6.45) is 2.10. The molecule has 0 spiro atoms. The smallest absolute Gasteiger partial charge is 0.261 e. The van der Waals surface area contributed by atoms with Gasteiger partial charge in [0.15, 0.2) is 0 Å². The molecular weight excluding hydrogens is 304 g/mol. The first-order valence-electron chi connectivity index (χ1n) is 7.44. The number of phenolic OH excluding ortho intramolecular Hbond substituents is 1. The van der Waals surface area contributed by atoms with Gasteiger partial charge in [-0.15, -0.1) is 0 Å². The summed E-state index contributed by atoms with van der Waals surface area (Å²) in [7, 11) is 1.61. The Kier molecular flexibility index (Phi) is 5.98. The number of amides is 1. The Hall–Kier alpha value is -3.26. The second-order valence-electron chi connectivity index (χ2n) is 5.12.